The molecule has 1 fully saturated rings. The van der Waals surface area contributed by atoms with Crippen LogP contribution in [0.15, 0.2) is 0 Å². The highest BCUT2D eigenvalue weighted by molar-refractivity contribution is 5.71. The Labute approximate surface area is 97.3 Å². The van der Waals surface area contributed by atoms with Gasteiger partial charge in [-0.05, 0) is 38.8 Å². The molecule has 16 heavy (non-hydrogen) atoms. The monoisotopic (exact) mass is 229 g/mol. The van der Waals surface area contributed by atoms with Crippen molar-refractivity contribution in [1.29, 1.82) is 0 Å². The molecule has 0 radical (unpaired) electrons. The van der Waals surface area contributed by atoms with Crippen LogP contribution in [0.25, 0.3) is 0 Å². The van der Waals surface area contributed by atoms with Crippen molar-refractivity contribution in [2.75, 3.05) is 19.6 Å². The second-order valence-corrected chi connectivity index (χ2v) is 4.69. The lowest BCUT2D eigenvalue weighted by molar-refractivity contribution is -0.153. The van der Waals surface area contributed by atoms with Crippen LogP contribution in [-0.4, -0.2) is 46.3 Å². The van der Waals surface area contributed by atoms with Crippen LogP contribution < -0.4 is 0 Å². The summed E-state index contributed by atoms with van der Waals surface area (Å²) in [5.74, 6) is -1.49. The van der Waals surface area contributed by atoms with Gasteiger partial charge < -0.3 is 15.1 Å². The standard InChI is InChI=1S/C12H23NO3/c1-3-10(11(14)15)12(16)6-5-8-13(4-2)9-7-12/h10,16H,3-9H2,1-2H3,(H,14,15). The summed E-state index contributed by atoms with van der Waals surface area (Å²) in [4.78, 5) is 13.4. The van der Waals surface area contributed by atoms with Gasteiger partial charge in [-0.25, -0.2) is 0 Å². The fourth-order valence-corrected chi connectivity index (χ4v) is 2.65. The van der Waals surface area contributed by atoms with E-state index in [4.69, 9.17) is 5.11 Å². The Hall–Kier alpha value is -0.610. The highest BCUT2D eigenvalue weighted by Crippen LogP contribution is 2.32. The fraction of sp³-hybridized carbons (Fsp3) is 0.917. The molecule has 1 saturated heterocycles. The third-order valence-corrected chi connectivity index (χ3v) is 3.75. The molecule has 2 atom stereocenters. The van der Waals surface area contributed by atoms with Gasteiger partial charge in [0.15, 0.2) is 0 Å². The topological polar surface area (TPSA) is 60.8 Å². The number of rotatable bonds is 4. The van der Waals surface area contributed by atoms with E-state index in [0.29, 0.717) is 19.3 Å². The first-order chi connectivity index (χ1) is 7.53. The van der Waals surface area contributed by atoms with E-state index in [9.17, 15) is 9.90 Å². The molecule has 0 aliphatic carbocycles. The van der Waals surface area contributed by atoms with Gasteiger partial charge >= 0.3 is 5.97 Å². The van der Waals surface area contributed by atoms with Crippen molar-refractivity contribution >= 4 is 5.97 Å². The lowest BCUT2D eigenvalue weighted by Gasteiger charge is -2.32. The number of aliphatic hydroxyl groups is 1. The van der Waals surface area contributed by atoms with Crippen LogP contribution in [0.2, 0.25) is 0 Å². The van der Waals surface area contributed by atoms with E-state index in [1.807, 2.05) is 6.92 Å². The number of hydrogen-bond donors (Lipinski definition) is 2. The molecule has 0 aromatic carbocycles. The molecule has 2 N–H and O–H groups in total. The van der Waals surface area contributed by atoms with Crippen molar-refractivity contribution in [3.63, 3.8) is 0 Å². The van der Waals surface area contributed by atoms with Crippen molar-refractivity contribution in [2.45, 2.75) is 45.1 Å². The van der Waals surface area contributed by atoms with E-state index in [1.54, 1.807) is 0 Å². The zero-order valence-corrected chi connectivity index (χ0v) is 10.3. The van der Waals surface area contributed by atoms with E-state index in [0.717, 1.165) is 26.1 Å². The Balaban J connectivity index is 2.72. The van der Waals surface area contributed by atoms with Gasteiger partial charge in [0.05, 0.1) is 11.5 Å². The van der Waals surface area contributed by atoms with Crippen molar-refractivity contribution in [3.8, 4) is 0 Å². The third-order valence-electron chi connectivity index (χ3n) is 3.75. The van der Waals surface area contributed by atoms with Crippen LogP contribution in [0.4, 0.5) is 0 Å². The van der Waals surface area contributed by atoms with E-state index >= 15 is 0 Å². The van der Waals surface area contributed by atoms with Crippen LogP contribution in [0.1, 0.15) is 39.5 Å². The maximum absolute atomic E-state index is 11.1. The first-order valence-electron chi connectivity index (χ1n) is 6.21. The summed E-state index contributed by atoms with van der Waals surface area (Å²) in [6, 6.07) is 0. The minimum absolute atomic E-state index is 0.498. The summed E-state index contributed by atoms with van der Waals surface area (Å²) in [5.41, 5.74) is -1.01. The largest absolute Gasteiger partial charge is 0.481 e. The van der Waals surface area contributed by atoms with Gasteiger partial charge in [0.25, 0.3) is 0 Å². The van der Waals surface area contributed by atoms with Crippen LogP contribution in [-0.2, 0) is 4.79 Å². The minimum Gasteiger partial charge on any atom is -0.481 e. The molecule has 94 valence electrons. The quantitative estimate of drug-likeness (QED) is 0.763. The number of aliphatic carboxylic acids is 1. The van der Waals surface area contributed by atoms with E-state index in [2.05, 4.69) is 11.8 Å². The van der Waals surface area contributed by atoms with E-state index in [1.165, 1.54) is 0 Å². The zero-order chi connectivity index (χ0) is 12.2. The second-order valence-electron chi connectivity index (χ2n) is 4.69. The average molecular weight is 229 g/mol. The number of nitrogens with zero attached hydrogens (tertiary/aromatic N) is 1. The van der Waals surface area contributed by atoms with Crippen LogP contribution >= 0.6 is 0 Å². The molecular formula is C12H23NO3. The van der Waals surface area contributed by atoms with Crippen molar-refractivity contribution in [1.82, 2.24) is 4.90 Å². The molecule has 0 saturated carbocycles. The van der Waals surface area contributed by atoms with Crippen molar-refractivity contribution in [3.05, 3.63) is 0 Å². The van der Waals surface area contributed by atoms with E-state index in [-0.39, 0.29) is 0 Å². The van der Waals surface area contributed by atoms with Gasteiger partial charge in [0.2, 0.25) is 0 Å². The molecule has 4 heteroatoms. The number of likely N-dealkylation sites (tertiary alicyclic amines) is 1. The smallest absolute Gasteiger partial charge is 0.309 e. The van der Waals surface area contributed by atoms with Crippen LogP contribution in [0.3, 0.4) is 0 Å². The molecule has 1 aliphatic heterocycles. The van der Waals surface area contributed by atoms with Gasteiger partial charge in [0.1, 0.15) is 0 Å². The Morgan fingerprint density at radius 2 is 2.06 bits per heavy atom. The highest BCUT2D eigenvalue weighted by Gasteiger charge is 2.41. The summed E-state index contributed by atoms with van der Waals surface area (Å²) in [5, 5.41) is 19.6. The van der Waals surface area contributed by atoms with Gasteiger partial charge in [-0.15, -0.1) is 0 Å². The number of carboxylic acid groups (broad SMARTS) is 1. The Bertz CT molecular complexity index is 244. The first-order valence-corrected chi connectivity index (χ1v) is 6.21. The van der Waals surface area contributed by atoms with Crippen molar-refractivity contribution in [2.24, 2.45) is 5.92 Å². The number of carboxylic acids is 1. The van der Waals surface area contributed by atoms with Crippen molar-refractivity contribution < 1.29 is 15.0 Å². The average Bonchev–Trinajstić information content (AvgIpc) is 2.41. The lowest BCUT2D eigenvalue weighted by Crippen LogP contribution is -2.43. The fourth-order valence-electron chi connectivity index (χ4n) is 2.65. The molecule has 1 rings (SSSR count). The molecule has 4 nitrogen and oxygen atoms in total. The highest BCUT2D eigenvalue weighted by atomic mass is 16.4. The molecule has 0 spiro atoms. The number of hydrogen-bond acceptors (Lipinski definition) is 3. The molecule has 2 unspecified atom stereocenters. The SMILES string of the molecule is CCC(C(=O)O)C1(O)CCCN(CC)CC1. The molecular weight excluding hydrogens is 206 g/mol. The second kappa shape index (κ2) is 5.64. The molecule has 0 bridgehead atoms. The summed E-state index contributed by atoms with van der Waals surface area (Å²) in [6.07, 6.45) is 2.56. The maximum atomic E-state index is 11.1. The lowest BCUT2D eigenvalue weighted by atomic mass is 9.80. The molecule has 0 aromatic rings. The molecule has 1 aliphatic rings. The van der Waals surface area contributed by atoms with Crippen LogP contribution in [0.5, 0.6) is 0 Å². The van der Waals surface area contributed by atoms with E-state index < -0.39 is 17.5 Å². The molecule has 0 aromatic heterocycles. The summed E-state index contributed by atoms with van der Waals surface area (Å²) < 4.78 is 0. The normalized spacial score (nSPS) is 29.7. The van der Waals surface area contributed by atoms with Gasteiger partial charge in [-0.3, -0.25) is 4.79 Å². The predicted octanol–water partition coefficient (Wildman–Crippen LogP) is 1.33. The third kappa shape index (κ3) is 2.95. The summed E-state index contributed by atoms with van der Waals surface area (Å²) in [6.45, 7) is 6.67. The Morgan fingerprint density at radius 3 is 2.56 bits per heavy atom. The van der Waals surface area contributed by atoms with Crippen LogP contribution in [0, 0.1) is 5.92 Å². The summed E-state index contributed by atoms with van der Waals surface area (Å²) >= 11 is 0. The minimum atomic E-state index is -1.01. The van der Waals surface area contributed by atoms with Gasteiger partial charge in [0, 0.05) is 6.54 Å². The Kier molecular flexibility index (Phi) is 4.74. The summed E-state index contributed by atoms with van der Waals surface area (Å²) in [7, 11) is 0. The number of carbonyl (C=O) groups is 1. The Morgan fingerprint density at radius 1 is 1.38 bits per heavy atom. The van der Waals surface area contributed by atoms with Gasteiger partial charge in [-0.1, -0.05) is 13.8 Å². The predicted molar refractivity (Wildman–Crippen MR) is 62.3 cm³/mol. The zero-order valence-electron chi connectivity index (χ0n) is 10.3. The molecule has 0 amide bonds. The maximum Gasteiger partial charge on any atom is 0.309 e. The molecule has 1 heterocycles. The first kappa shape index (κ1) is 13.5. The van der Waals surface area contributed by atoms with Gasteiger partial charge in [-0.2, -0.15) is 0 Å².